The molecule has 4 aromatic rings. The number of hydrogen-bond acceptors (Lipinski definition) is 17. The van der Waals surface area contributed by atoms with Crippen LogP contribution in [0.1, 0.15) is 247 Å². The number of nitrogens with zero attached hydrogens (tertiary/aromatic N) is 9. The number of ether oxygens (including phenoxy) is 5. The number of aldehydes is 1. The molecule has 0 spiro atoms. The van der Waals surface area contributed by atoms with Crippen molar-refractivity contribution in [1.82, 2.24) is 30.0 Å². The maximum atomic E-state index is 12.0. The number of terminal acetylenes is 1. The minimum atomic E-state index is -3.58. The van der Waals surface area contributed by atoms with Gasteiger partial charge in [0.05, 0.1) is 46.5 Å². The van der Waals surface area contributed by atoms with E-state index >= 15 is 0 Å². The maximum Gasteiger partial charge on any atom is 0.297 e. The first-order valence-corrected chi connectivity index (χ1v) is 36.2. The van der Waals surface area contributed by atoms with Crippen molar-refractivity contribution >= 4 is 36.1 Å². The zero-order chi connectivity index (χ0) is 65.0. The number of aliphatic hydroxyl groups excluding tert-OH is 1. The van der Waals surface area contributed by atoms with Gasteiger partial charge in [0, 0.05) is 61.3 Å². The van der Waals surface area contributed by atoms with Gasteiger partial charge in [0.25, 0.3) is 19.2 Å². The minimum Gasteiger partial charge on any atom is -0.393 e. The summed E-state index contributed by atoms with van der Waals surface area (Å²) < 4.78 is 80.4. The fraction of sp³-hybridized carbons (Fsp3) is 0.708. The molecule has 500 valence electrons. The molecule has 89 heavy (non-hydrogen) atoms. The number of aryl methyl sites for hydroxylation is 2. The van der Waals surface area contributed by atoms with E-state index in [2.05, 4.69) is 36.6 Å². The molecule has 6 aliphatic rings. The van der Waals surface area contributed by atoms with E-state index in [0.717, 1.165) is 87.7 Å². The van der Waals surface area contributed by atoms with Crippen LogP contribution in [0, 0.1) is 26.2 Å². The van der Waals surface area contributed by atoms with E-state index in [1.165, 1.54) is 134 Å². The smallest absolute Gasteiger partial charge is 0.297 e. The summed E-state index contributed by atoms with van der Waals surface area (Å²) in [5.74, 6) is 2.36. The summed E-state index contributed by atoms with van der Waals surface area (Å²) in [7, 11) is -2.04. The lowest BCUT2D eigenvalue weighted by molar-refractivity contribution is -0.142. The molecule has 2 aromatic heterocycles. The van der Waals surface area contributed by atoms with Gasteiger partial charge in [0.2, 0.25) is 12.6 Å². The third-order valence-corrected chi connectivity index (χ3v) is 18.1. The normalized spacial score (nSPS) is 17.6. The Morgan fingerprint density at radius 2 is 1.07 bits per heavy atom. The Labute approximate surface area is 536 Å². The van der Waals surface area contributed by atoms with E-state index in [0.29, 0.717) is 50.2 Å². The van der Waals surface area contributed by atoms with Crippen LogP contribution in [0.4, 0.5) is 0 Å². The summed E-state index contributed by atoms with van der Waals surface area (Å²) in [4.78, 5) is 13.6. The Morgan fingerprint density at radius 3 is 1.45 bits per heavy atom. The van der Waals surface area contributed by atoms with Crippen molar-refractivity contribution in [3.63, 3.8) is 0 Å². The van der Waals surface area contributed by atoms with Crippen molar-refractivity contribution in [1.29, 1.82) is 0 Å². The van der Waals surface area contributed by atoms with E-state index < -0.39 is 25.5 Å². The average molecular weight is 1300 g/mol. The Hall–Kier alpha value is -4.83. The van der Waals surface area contributed by atoms with Crippen LogP contribution in [0.5, 0.6) is 0 Å². The fourth-order valence-corrected chi connectivity index (χ4v) is 12.3. The molecule has 5 saturated carbocycles. The molecule has 0 bridgehead atoms. The van der Waals surface area contributed by atoms with E-state index in [1.807, 2.05) is 57.1 Å². The fourth-order valence-electron chi connectivity index (χ4n) is 10.4. The highest BCUT2D eigenvalue weighted by Gasteiger charge is 2.24. The lowest BCUT2D eigenvalue weighted by Crippen LogP contribution is -2.21. The standard InChI is InChI=1S/C13H23N3O2.C13H18O3S.C9H13N3O.C7H7ClO2S.C7H12O2.C6H11N3.C6H12O.C4H8O/c1-3-17-13(18-4-2)12-10-16(15-14-12)11-8-6-5-7-9-11;1-11-7-9-13(10-8-11)17(14,15)16-12-5-3-2-4-6-12;13-7-8-6-12(11-10-8)9-4-2-1-3-5-9;1-6-2-4-7(5-3-6)11(8,9)10;1-4-7(8-5-2)9-6-3;7-9-8-6-4-2-1-3-5-6;7-6-4-2-1-3-5-6;1-2-4-5-3-1/h10-11,13H,3-9H2,1-2H3;7-10,12H,2-6H2,1H3;6-7,9H,1-5H2;2-5H,1H3;1,7H,5-6H2,2-3H3;6H,1-5H2;6-7H,1-5H2;1-4H2. The second kappa shape index (κ2) is 47.1. The summed E-state index contributed by atoms with van der Waals surface area (Å²) in [6, 6.07) is 14.4. The van der Waals surface area contributed by atoms with Crippen LogP contribution in [0.2, 0.25) is 0 Å². The largest absolute Gasteiger partial charge is 0.393 e. The molecule has 0 amide bonds. The number of rotatable bonds is 17. The summed E-state index contributed by atoms with van der Waals surface area (Å²) in [5.41, 5.74) is 11.3. The predicted octanol–water partition coefficient (Wildman–Crippen LogP) is 15.2. The monoisotopic (exact) mass is 1300 g/mol. The lowest BCUT2D eigenvalue weighted by atomic mass is 9.96. The zero-order valence-electron chi connectivity index (χ0n) is 54.0. The molecule has 0 atom stereocenters. The van der Waals surface area contributed by atoms with Crippen molar-refractivity contribution in [2.75, 3.05) is 39.6 Å². The van der Waals surface area contributed by atoms with Crippen LogP contribution >= 0.6 is 10.7 Å². The number of carbonyl (C=O) groups is 1. The van der Waals surface area contributed by atoms with E-state index in [4.69, 9.17) is 55.6 Å². The SMILES string of the molecule is C#CC(OCC)OCC.C1CCOC1.CCOC(OCC)c1cn(C2CCCCC2)nn1.Cc1ccc(S(=O)(=O)Cl)cc1.Cc1ccc(S(=O)(=O)OC2CCCCC2)cc1.O=Cc1cn(C2CCCCC2)nn1.OC1CCCCC1.[N-]=[N+]=NC1CCCCC1. The van der Waals surface area contributed by atoms with Crippen molar-refractivity contribution < 1.29 is 54.6 Å². The van der Waals surface area contributed by atoms with E-state index in [1.54, 1.807) is 42.6 Å². The van der Waals surface area contributed by atoms with Gasteiger partial charge in [-0.3, -0.25) is 8.98 Å². The molecular formula is C65H104ClN9O12S2. The molecule has 1 saturated heterocycles. The van der Waals surface area contributed by atoms with Crippen LogP contribution in [0.3, 0.4) is 0 Å². The molecule has 5 aliphatic carbocycles. The molecule has 21 nitrogen and oxygen atoms in total. The number of aliphatic hydroxyl groups is 1. The second-order valence-corrected chi connectivity index (χ2v) is 26.7. The highest BCUT2D eigenvalue weighted by Crippen LogP contribution is 2.30. The molecule has 2 aromatic carbocycles. The van der Waals surface area contributed by atoms with Gasteiger partial charge in [-0.05, 0) is 154 Å². The summed E-state index contributed by atoms with van der Waals surface area (Å²) in [5, 5.41) is 28.7. The Morgan fingerprint density at radius 1 is 0.640 bits per heavy atom. The van der Waals surface area contributed by atoms with Crippen LogP contribution in [-0.4, -0.2) is 122 Å². The molecule has 10 rings (SSSR count). The first-order valence-electron chi connectivity index (χ1n) is 32.5. The second-order valence-electron chi connectivity index (χ2n) is 22.6. The quantitative estimate of drug-likeness (QED) is 0.0150. The third kappa shape index (κ3) is 34.4. The van der Waals surface area contributed by atoms with E-state index in [9.17, 15) is 21.6 Å². The number of hydrogen-bond donors (Lipinski definition) is 1. The van der Waals surface area contributed by atoms with Crippen molar-refractivity contribution in [2.45, 2.75) is 268 Å². The summed E-state index contributed by atoms with van der Waals surface area (Å²) in [6.45, 7) is 15.9. The number of carbonyl (C=O) groups excluding carboxylic acids is 1. The Balaban J connectivity index is 0.000000273. The van der Waals surface area contributed by atoms with Gasteiger partial charge in [-0.15, -0.1) is 16.6 Å². The molecule has 0 radical (unpaired) electrons. The molecule has 24 heteroatoms. The molecule has 1 N–H and O–H groups in total. The average Bonchev–Trinajstić information content (AvgIpc) is 4.55. The molecule has 1 aliphatic heterocycles. The summed E-state index contributed by atoms with van der Waals surface area (Å²) in [6.07, 6.45) is 40.6. The van der Waals surface area contributed by atoms with Gasteiger partial charge < -0.3 is 28.8 Å². The highest BCUT2D eigenvalue weighted by atomic mass is 35.7. The van der Waals surface area contributed by atoms with Gasteiger partial charge in [-0.1, -0.05) is 147 Å². The maximum absolute atomic E-state index is 12.0. The van der Waals surface area contributed by atoms with Crippen molar-refractivity contribution in [3.05, 3.63) is 93.9 Å². The first kappa shape index (κ1) is 78.4. The number of azide groups is 1. The van der Waals surface area contributed by atoms with Gasteiger partial charge in [0.15, 0.2) is 6.29 Å². The summed E-state index contributed by atoms with van der Waals surface area (Å²) >= 11 is 0. The van der Waals surface area contributed by atoms with Gasteiger partial charge in [-0.2, -0.15) is 8.42 Å². The number of benzene rings is 2. The van der Waals surface area contributed by atoms with Crippen molar-refractivity contribution in [2.24, 2.45) is 5.11 Å². The van der Waals surface area contributed by atoms with Gasteiger partial charge >= 0.3 is 0 Å². The molecular weight excluding hydrogens is 1200 g/mol. The first-order chi connectivity index (χ1) is 43.0. The lowest BCUT2D eigenvalue weighted by Gasteiger charge is -2.21. The zero-order valence-corrected chi connectivity index (χ0v) is 56.4. The Bertz CT molecular complexity index is 2740. The van der Waals surface area contributed by atoms with E-state index in [-0.39, 0.29) is 28.3 Å². The van der Waals surface area contributed by atoms with Crippen LogP contribution < -0.4 is 0 Å². The minimum absolute atomic E-state index is 0.0359. The van der Waals surface area contributed by atoms with Crippen LogP contribution in [-0.2, 0) is 47.0 Å². The number of halogens is 1. The topological polar surface area (TPSA) is 271 Å². The van der Waals surface area contributed by atoms with Crippen molar-refractivity contribution in [3.8, 4) is 12.3 Å². The number of aromatic nitrogens is 6. The molecule has 0 unspecified atom stereocenters. The highest BCUT2D eigenvalue weighted by molar-refractivity contribution is 8.13. The molecule has 3 heterocycles. The van der Waals surface area contributed by atoms with Gasteiger partial charge in [-0.25, -0.2) is 17.8 Å². The third-order valence-electron chi connectivity index (χ3n) is 15.3. The molecule has 6 fully saturated rings. The van der Waals surface area contributed by atoms with Gasteiger partial charge in [0.1, 0.15) is 11.4 Å². The van der Waals surface area contributed by atoms with Crippen LogP contribution in [0.25, 0.3) is 10.4 Å². The van der Waals surface area contributed by atoms with Crippen LogP contribution in [0.15, 0.2) is 75.8 Å². The Kier molecular flexibility index (Phi) is 41.5. The predicted molar refractivity (Wildman–Crippen MR) is 347 cm³/mol.